The number of alkyl halides is 8. The van der Waals surface area contributed by atoms with Crippen LogP contribution in [0.2, 0.25) is 0 Å². The zero-order valence-corrected chi connectivity index (χ0v) is 29.7. The molecule has 0 fully saturated rings. The molecule has 0 saturated heterocycles. The SMILES string of the molecule is CC(C)=CCC/C(C)=C/CC/C(C)=C/C(=O)C(F)(F)C(F)(F)O[PH](=O)OC(F)(F)C(F)(F)C(=O)/C=C(\C)CC/C=C(\C)CCC=C(C)C. The summed E-state index contributed by atoms with van der Waals surface area (Å²) in [4.78, 5) is 23.9. The number of carbonyl (C=O) groups is 2. The molecule has 0 amide bonds. The van der Waals surface area contributed by atoms with Crippen LogP contribution in [0.4, 0.5) is 35.1 Å². The minimum absolute atomic E-state index is 0.0319. The average Bonchev–Trinajstić information content (AvgIpc) is 2.91. The van der Waals surface area contributed by atoms with Crippen molar-refractivity contribution in [1.29, 1.82) is 0 Å². The first-order valence-corrected chi connectivity index (χ1v) is 16.5. The van der Waals surface area contributed by atoms with Crippen LogP contribution in [0.3, 0.4) is 0 Å². The molecule has 0 bridgehead atoms. The fourth-order valence-electron chi connectivity index (χ4n) is 3.89. The van der Waals surface area contributed by atoms with E-state index in [-0.39, 0.29) is 36.1 Å². The predicted molar refractivity (Wildman–Crippen MR) is 172 cm³/mol. The standard InChI is InChI=1S/C34H47F8O5P/c1-23(2)13-9-15-25(5)17-11-19-27(7)21-29(43)31(35,36)33(39,40)46-48(45)47-34(41,42)32(37,38)30(44)22-28(8)20-12-18-26(6)16-10-14-24(3)4/h13-14,17-18,21-22,48H,9-12,15-16,19-20H2,1-8H3/b25-17+,26-18+,27-21+,28-22+. The molecule has 0 unspecified atom stereocenters. The number of rotatable bonds is 22. The monoisotopic (exact) mass is 718 g/mol. The summed E-state index contributed by atoms with van der Waals surface area (Å²) in [7, 11) is -5.54. The van der Waals surface area contributed by atoms with Crippen molar-refractivity contribution in [2.45, 2.75) is 131 Å². The van der Waals surface area contributed by atoms with Gasteiger partial charge in [0, 0.05) is 0 Å². The zero-order chi connectivity index (χ0) is 37.5. The number of carbonyl (C=O) groups excluding carboxylic acids is 2. The lowest BCUT2D eigenvalue weighted by Gasteiger charge is -2.27. The van der Waals surface area contributed by atoms with Crippen LogP contribution in [-0.2, 0) is 23.2 Å². The molecule has 5 nitrogen and oxygen atoms in total. The highest BCUT2D eigenvalue weighted by Gasteiger charge is 2.67. The molecule has 48 heavy (non-hydrogen) atoms. The van der Waals surface area contributed by atoms with E-state index in [4.69, 9.17) is 0 Å². The van der Waals surface area contributed by atoms with Gasteiger partial charge in [-0.2, -0.15) is 35.1 Å². The molecule has 0 atom stereocenters. The lowest BCUT2D eigenvalue weighted by molar-refractivity contribution is -0.315. The maximum atomic E-state index is 14.3. The van der Waals surface area contributed by atoms with Crippen LogP contribution in [0.1, 0.15) is 107 Å². The smallest absolute Gasteiger partial charge is 0.288 e. The quantitative estimate of drug-likeness (QED) is 0.0482. The Morgan fingerprint density at radius 1 is 0.500 bits per heavy atom. The van der Waals surface area contributed by atoms with Gasteiger partial charge in [0.15, 0.2) is 0 Å². The molecule has 274 valence electrons. The summed E-state index contributed by atoms with van der Waals surface area (Å²) in [6, 6.07) is 0. The summed E-state index contributed by atoms with van der Waals surface area (Å²) in [5, 5.41) is 0. The third-order valence-electron chi connectivity index (χ3n) is 6.77. The summed E-state index contributed by atoms with van der Waals surface area (Å²) in [6.45, 7) is 13.9. The summed E-state index contributed by atoms with van der Waals surface area (Å²) >= 11 is 0. The molecule has 0 spiro atoms. The summed E-state index contributed by atoms with van der Waals surface area (Å²) in [6.07, 6.45) is -0.357. The molecule has 0 aliphatic rings. The first-order chi connectivity index (χ1) is 21.9. The van der Waals surface area contributed by atoms with Gasteiger partial charge in [-0.25, -0.2) is 9.05 Å². The lowest BCUT2D eigenvalue weighted by Crippen LogP contribution is -2.49. The van der Waals surface area contributed by atoms with Crippen LogP contribution in [0, 0.1) is 0 Å². The zero-order valence-electron chi connectivity index (χ0n) is 28.7. The second-order valence-electron chi connectivity index (χ2n) is 12.2. The van der Waals surface area contributed by atoms with Gasteiger partial charge in [-0.1, -0.05) is 57.7 Å². The number of hydrogen-bond donors (Lipinski definition) is 0. The second kappa shape index (κ2) is 20.1. The molecule has 0 radical (unpaired) electrons. The van der Waals surface area contributed by atoms with Gasteiger partial charge in [-0.3, -0.25) is 14.2 Å². The van der Waals surface area contributed by atoms with Gasteiger partial charge >= 0.3 is 32.3 Å². The highest BCUT2D eigenvalue weighted by atomic mass is 31.1. The molecule has 0 aromatic rings. The van der Waals surface area contributed by atoms with Crippen LogP contribution >= 0.6 is 8.25 Å². The Morgan fingerprint density at radius 3 is 1.06 bits per heavy atom. The van der Waals surface area contributed by atoms with Crippen molar-refractivity contribution in [3.05, 3.63) is 69.9 Å². The Labute approximate surface area is 278 Å². The lowest BCUT2D eigenvalue weighted by atomic mass is 10.0. The van der Waals surface area contributed by atoms with Crippen molar-refractivity contribution in [3.8, 4) is 0 Å². The number of allylic oxidation sites excluding steroid dienone is 12. The largest absolute Gasteiger partial charge is 0.434 e. The second-order valence-corrected chi connectivity index (χ2v) is 13.1. The molecule has 0 rings (SSSR count). The molecular weight excluding hydrogens is 671 g/mol. The maximum Gasteiger partial charge on any atom is 0.434 e. The molecule has 0 aliphatic carbocycles. The van der Waals surface area contributed by atoms with E-state index < -0.39 is 43.9 Å². The molecular formula is C34H47F8O5P. The van der Waals surface area contributed by atoms with Gasteiger partial charge in [-0.05, 0) is 119 Å². The fraction of sp³-hybridized carbons (Fsp3) is 0.588. The first kappa shape index (κ1) is 45.4. The molecule has 0 saturated carbocycles. The fourth-order valence-corrected chi connectivity index (χ4v) is 4.61. The van der Waals surface area contributed by atoms with E-state index in [9.17, 15) is 49.3 Å². The number of ketones is 2. The van der Waals surface area contributed by atoms with Crippen molar-refractivity contribution < 1.29 is 58.3 Å². The summed E-state index contributed by atoms with van der Waals surface area (Å²) in [5.74, 6) is -16.5. The molecule has 0 aliphatic heterocycles. The van der Waals surface area contributed by atoms with E-state index in [0.717, 1.165) is 48.0 Å². The van der Waals surface area contributed by atoms with Gasteiger partial charge < -0.3 is 0 Å². The maximum absolute atomic E-state index is 14.3. The van der Waals surface area contributed by atoms with Gasteiger partial charge in [0.2, 0.25) is 11.6 Å². The van der Waals surface area contributed by atoms with Gasteiger partial charge in [0.1, 0.15) is 0 Å². The Bertz CT molecular complexity index is 1220. The Balaban J connectivity index is 5.38. The minimum atomic E-state index is -6.00. The van der Waals surface area contributed by atoms with Crippen LogP contribution in [0.5, 0.6) is 0 Å². The van der Waals surface area contributed by atoms with Gasteiger partial charge in [-0.15, -0.1) is 0 Å². The van der Waals surface area contributed by atoms with Crippen molar-refractivity contribution >= 4 is 19.8 Å². The minimum Gasteiger partial charge on any atom is -0.288 e. The van der Waals surface area contributed by atoms with Crippen molar-refractivity contribution in [1.82, 2.24) is 0 Å². The van der Waals surface area contributed by atoms with Crippen molar-refractivity contribution in [2.24, 2.45) is 0 Å². The normalized spacial score (nSPS) is 14.9. The van der Waals surface area contributed by atoms with E-state index in [1.807, 2.05) is 53.7 Å². The van der Waals surface area contributed by atoms with Crippen molar-refractivity contribution in [3.63, 3.8) is 0 Å². The van der Waals surface area contributed by atoms with E-state index in [1.165, 1.54) is 13.8 Å². The van der Waals surface area contributed by atoms with Gasteiger partial charge in [0.05, 0.1) is 0 Å². The van der Waals surface area contributed by atoms with Crippen LogP contribution in [0.15, 0.2) is 69.9 Å². The number of halogens is 8. The highest BCUT2D eigenvalue weighted by Crippen LogP contribution is 2.49. The molecule has 0 aromatic carbocycles. The third kappa shape index (κ3) is 16.2. The van der Waals surface area contributed by atoms with Crippen molar-refractivity contribution in [2.75, 3.05) is 0 Å². The van der Waals surface area contributed by atoms with E-state index in [1.54, 1.807) is 12.2 Å². The third-order valence-corrected chi connectivity index (χ3v) is 7.62. The summed E-state index contributed by atoms with van der Waals surface area (Å²) < 4.78 is 132. The molecule has 0 heterocycles. The van der Waals surface area contributed by atoms with Crippen LogP contribution in [-0.4, -0.2) is 35.6 Å². The Hall–Kier alpha value is -2.63. The number of hydrogen-bond acceptors (Lipinski definition) is 5. The molecule has 0 aromatic heterocycles. The van der Waals surface area contributed by atoms with E-state index in [0.29, 0.717) is 12.8 Å². The predicted octanol–water partition coefficient (Wildman–Crippen LogP) is 11.8. The molecule has 14 heteroatoms. The summed E-state index contributed by atoms with van der Waals surface area (Å²) in [5.41, 5.74) is 4.14. The van der Waals surface area contributed by atoms with Crippen LogP contribution < -0.4 is 0 Å². The van der Waals surface area contributed by atoms with Gasteiger partial charge in [0.25, 0.3) is 0 Å². The Morgan fingerprint density at radius 2 is 0.771 bits per heavy atom. The topological polar surface area (TPSA) is 69.7 Å². The Kier molecular flexibility index (Phi) is 19.0. The van der Waals surface area contributed by atoms with E-state index in [2.05, 4.69) is 9.05 Å². The molecule has 0 N–H and O–H groups in total. The highest BCUT2D eigenvalue weighted by molar-refractivity contribution is 7.33. The average molecular weight is 719 g/mol. The van der Waals surface area contributed by atoms with E-state index >= 15 is 0 Å². The van der Waals surface area contributed by atoms with Crippen LogP contribution in [0.25, 0.3) is 0 Å². The first-order valence-electron chi connectivity index (χ1n) is 15.3.